The summed E-state index contributed by atoms with van der Waals surface area (Å²) in [7, 11) is 0. The molecule has 1 fully saturated rings. The van der Waals surface area contributed by atoms with Gasteiger partial charge in [0.05, 0.1) is 23.5 Å². The van der Waals surface area contributed by atoms with Gasteiger partial charge in [-0.15, -0.1) is 0 Å². The van der Waals surface area contributed by atoms with Crippen molar-refractivity contribution in [1.82, 2.24) is 14.9 Å². The Morgan fingerprint density at radius 1 is 0.977 bits per heavy atom. The van der Waals surface area contributed by atoms with E-state index in [1.807, 2.05) is 91.1 Å². The summed E-state index contributed by atoms with van der Waals surface area (Å²) in [6.07, 6.45) is 1.81. The van der Waals surface area contributed by atoms with Crippen LogP contribution in [0.25, 0.3) is 5.69 Å². The van der Waals surface area contributed by atoms with Crippen molar-refractivity contribution >= 4 is 50.5 Å². The Balaban J connectivity index is 1.31. The molecule has 3 aromatic carbocycles. The van der Waals surface area contributed by atoms with Crippen LogP contribution in [0.4, 0.5) is 11.4 Å². The first-order valence-corrected chi connectivity index (χ1v) is 15.1. The molecule has 216 valence electrons. The number of nitrogens with one attached hydrogen (secondary N) is 2. The first kappa shape index (κ1) is 28.6. The van der Waals surface area contributed by atoms with Crippen molar-refractivity contribution < 1.29 is 9.53 Å². The van der Waals surface area contributed by atoms with Gasteiger partial charge in [0.25, 0.3) is 5.91 Å². The fourth-order valence-electron chi connectivity index (χ4n) is 5.61. The zero-order chi connectivity index (χ0) is 29.9. The number of hydrogen-bond acceptors (Lipinski definition) is 4. The molecule has 2 N–H and O–H groups in total. The predicted molar refractivity (Wildman–Crippen MR) is 178 cm³/mol. The molecule has 0 saturated carbocycles. The molecular formula is C34H30BrN5O2S. The molecule has 0 aliphatic carbocycles. The molecular weight excluding hydrogens is 622 g/mol. The molecule has 7 nitrogen and oxygen atoms in total. The summed E-state index contributed by atoms with van der Waals surface area (Å²) in [4.78, 5) is 19.4. The highest BCUT2D eigenvalue weighted by atomic mass is 79.9. The molecule has 1 saturated heterocycles. The van der Waals surface area contributed by atoms with Gasteiger partial charge in [-0.05, 0) is 114 Å². The van der Waals surface area contributed by atoms with Crippen molar-refractivity contribution in [3.63, 3.8) is 0 Å². The van der Waals surface area contributed by atoms with E-state index in [9.17, 15) is 4.79 Å². The van der Waals surface area contributed by atoms with Crippen molar-refractivity contribution in [3.05, 3.63) is 136 Å². The van der Waals surface area contributed by atoms with Crippen molar-refractivity contribution in [2.45, 2.75) is 25.9 Å². The number of benzene rings is 3. The molecule has 0 unspecified atom stereocenters. The lowest BCUT2D eigenvalue weighted by molar-refractivity contribution is -0.118. The number of ether oxygens (including phenoxy) is 1. The number of carbonyl (C=O) groups excluding carboxylic acids is 1. The lowest BCUT2D eigenvalue weighted by atomic mass is 9.96. The smallest absolute Gasteiger partial charge is 0.262 e. The molecule has 2 aromatic heterocycles. The number of carbonyl (C=O) groups is 1. The van der Waals surface area contributed by atoms with E-state index in [2.05, 4.69) is 68.1 Å². The number of nitrogens with zero attached hydrogens (tertiary/aromatic N) is 3. The molecule has 9 heteroatoms. The van der Waals surface area contributed by atoms with Crippen molar-refractivity contribution in [2.75, 3.05) is 16.8 Å². The van der Waals surface area contributed by atoms with Crippen LogP contribution in [0.15, 0.2) is 114 Å². The average Bonchev–Trinajstić information content (AvgIpc) is 3.52. The maximum absolute atomic E-state index is 12.5. The Kier molecular flexibility index (Phi) is 8.26. The Bertz CT molecular complexity index is 1760. The van der Waals surface area contributed by atoms with Crippen LogP contribution in [0.2, 0.25) is 0 Å². The topological polar surface area (TPSA) is 71.4 Å². The minimum atomic E-state index is -0.234. The van der Waals surface area contributed by atoms with Gasteiger partial charge >= 0.3 is 0 Å². The second-order valence-corrected chi connectivity index (χ2v) is 11.5. The van der Waals surface area contributed by atoms with E-state index < -0.39 is 0 Å². The van der Waals surface area contributed by atoms with Crippen molar-refractivity contribution in [1.29, 1.82) is 0 Å². The zero-order valence-electron chi connectivity index (χ0n) is 23.7. The molecule has 0 spiro atoms. The van der Waals surface area contributed by atoms with Crippen LogP contribution in [-0.4, -0.2) is 27.2 Å². The largest absolute Gasteiger partial charge is 0.484 e. The van der Waals surface area contributed by atoms with Crippen LogP contribution in [0, 0.1) is 13.8 Å². The number of aryl methyl sites for hydroxylation is 1. The van der Waals surface area contributed by atoms with E-state index in [1.54, 1.807) is 0 Å². The average molecular weight is 653 g/mol. The first-order chi connectivity index (χ1) is 20.9. The van der Waals surface area contributed by atoms with Crippen LogP contribution in [0.1, 0.15) is 34.7 Å². The van der Waals surface area contributed by atoms with Gasteiger partial charge in [-0.2, -0.15) is 0 Å². The second kappa shape index (κ2) is 12.4. The molecule has 6 rings (SSSR count). The van der Waals surface area contributed by atoms with E-state index in [4.69, 9.17) is 21.9 Å². The summed E-state index contributed by atoms with van der Waals surface area (Å²) >= 11 is 9.68. The Hall–Kier alpha value is -4.47. The van der Waals surface area contributed by atoms with E-state index in [0.717, 1.165) is 38.5 Å². The summed E-state index contributed by atoms with van der Waals surface area (Å²) in [6.45, 7) is 4.19. The fraction of sp³-hybridized carbons (Fsp3) is 0.147. The highest BCUT2D eigenvalue weighted by Gasteiger charge is 2.42. The van der Waals surface area contributed by atoms with Gasteiger partial charge in [0, 0.05) is 33.4 Å². The Morgan fingerprint density at radius 2 is 1.70 bits per heavy atom. The number of amides is 1. The number of rotatable bonds is 8. The molecule has 43 heavy (non-hydrogen) atoms. The number of halogens is 1. The second-order valence-electron chi connectivity index (χ2n) is 10.3. The van der Waals surface area contributed by atoms with E-state index in [1.165, 1.54) is 0 Å². The standard InChI is InChI=1S/C34H30BrN5O2S/c1-22-20-27(23(2)39(22)30-14-7-6-12-28(30)35)33-32(29-13-8-9-19-36-29)38-34(43)40(33)25-17-15-24(16-18-25)37-31(41)21-42-26-10-4-3-5-11-26/h3-20,32-33H,21H2,1-2H3,(H,37,41)(H,38,43)/t32-,33+/m0/s1. The lowest BCUT2D eigenvalue weighted by Crippen LogP contribution is -2.29. The number of aromatic nitrogens is 2. The van der Waals surface area contributed by atoms with Crippen LogP contribution < -0.4 is 20.3 Å². The zero-order valence-corrected chi connectivity index (χ0v) is 26.1. The van der Waals surface area contributed by atoms with E-state index >= 15 is 0 Å². The Morgan fingerprint density at radius 3 is 2.42 bits per heavy atom. The van der Waals surface area contributed by atoms with Gasteiger partial charge in [-0.1, -0.05) is 36.4 Å². The van der Waals surface area contributed by atoms with Gasteiger partial charge in [0.1, 0.15) is 5.75 Å². The molecule has 5 aromatic rings. The molecule has 3 heterocycles. The maximum Gasteiger partial charge on any atom is 0.262 e. The van der Waals surface area contributed by atoms with Gasteiger partial charge < -0.3 is 24.8 Å². The predicted octanol–water partition coefficient (Wildman–Crippen LogP) is 7.45. The normalized spacial score (nSPS) is 16.2. The summed E-state index contributed by atoms with van der Waals surface area (Å²) in [5, 5.41) is 7.07. The minimum Gasteiger partial charge on any atom is -0.484 e. The molecule has 0 bridgehead atoms. The fourth-order valence-corrected chi connectivity index (χ4v) is 6.42. The number of hydrogen-bond donors (Lipinski definition) is 2. The third-order valence-electron chi connectivity index (χ3n) is 7.52. The van der Waals surface area contributed by atoms with Crippen LogP contribution >= 0.6 is 28.1 Å². The quantitative estimate of drug-likeness (QED) is 0.170. The molecule has 1 aliphatic heterocycles. The maximum atomic E-state index is 12.5. The highest BCUT2D eigenvalue weighted by Crippen LogP contribution is 2.44. The van der Waals surface area contributed by atoms with Crippen LogP contribution in [0.5, 0.6) is 5.75 Å². The molecule has 1 aliphatic rings. The number of anilines is 2. The van der Waals surface area contributed by atoms with Gasteiger partial charge in [0.15, 0.2) is 11.7 Å². The third-order valence-corrected chi connectivity index (χ3v) is 8.51. The SMILES string of the molecule is Cc1cc([C@@H]2[C@H](c3ccccn3)NC(=S)N2c2ccc(NC(=O)COc3ccccc3)cc2)c(C)n1-c1ccccc1Br. The van der Waals surface area contributed by atoms with Crippen LogP contribution in [-0.2, 0) is 4.79 Å². The van der Waals surface area contributed by atoms with Crippen molar-refractivity contribution in [3.8, 4) is 11.4 Å². The monoisotopic (exact) mass is 651 g/mol. The van der Waals surface area contributed by atoms with E-state index in [-0.39, 0.29) is 24.6 Å². The van der Waals surface area contributed by atoms with Gasteiger partial charge in [-0.25, -0.2) is 0 Å². The van der Waals surface area contributed by atoms with Crippen molar-refractivity contribution in [2.24, 2.45) is 0 Å². The molecule has 0 radical (unpaired) electrons. The molecule has 1 amide bonds. The van der Waals surface area contributed by atoms with E-state index in [0.29, 0.717) is 16.5 Å². The summed E-state index contributed by atoms with van der Waals surface area (Å²) in [5.41, 5.74) is 6.95. The highest BCUT2D eigenvalue weighted by molar-refractivity contribution is 9.10. The minimum absolute atomic E-state index is 0.0765. The lowest BCUT2D eigenvalue weighted by Gasteiger charge is -2.28. The van der Waals surface area contributed by atoms with Gasteiger partial charge in [0.2, 0.25) is 0 Å². The number of thiocarbonyl (C=S) groups is 1. The number of pyridine rings is 1. The number of para-hydroxylation sites is 2. The van der Waals surface area contributed by atoms with Crippen LogP contribution in [0.3, 0.4) is 0 Å². The summed E-state index contributed by atoms with van der Waals surface area (Å²) in [6, 6.07) is 33.1. The first-order valence-electron chi connectivity index (χ1n) is 13.9. The summed E-state index contributed by atoms with van der Waals surface area (Å²) < 4.78 is 8.87. The molecule has 2 atom stereocenters. The third kappa shape index (κ3) is 5.91. The summed E-state index contributed by atoms with van der Waals surface area (Å²) in [5.74, 6) is 0.415. The van der Waals surface area contributed by atoms with Gasteiger partial charge in [-0.3, -0.25) is 9.78 Å². The Labute approximate surface area is 264 Å².